The standard InChI is InChI=1S/C17H21FN2O6/c1-24-7-8-26-14-4-3-11(18)9-13(14)19-15-12(17(23)25-2)10-20(5-6-21)16(15)22/h3-4,9,19,21H,5-8,10H2,1-2H3. The van der Waals surface area contributed by atoms with Crippen LogP contribution in [0.15, 0.2) is 29.5 Å². The molecule has 26 heavy (non-hydrogen) atoms. The molecule has 1 aliphatic heterocycles. The van der Waals surface area contributed by atoms with E-state index in [4.69, 9.17) is 19.3 Å². The first-order chi connectivity index (χ1) is 12.5. The second-order valence-corrected chi connectivity index (χ2v) is 5.40. The van der Waals surface area contributed by atoms with Crippen LogP contribution in [-0.2, 0) is 19.1 Å². The number of hydrogen-bond acceptors (Lipinski definition) is 7. The van der Waals surface area contributed by atoms with Gasteiger partial charge in [-0.2, -0.15) is 0 Å². The van der Waals surface area contributed by atoms with Gasteiger partial charge in [-0.15, -0.1) is 0 Å². The summed E-state index contributed by atoms with van der Waals surface area (Å²) in [5, 5.41) is 11.9. The largest absolute Gasteiger partial charge is 0.489 e. The Hall–Kier alpha value is -2.65. The second kappa shape index (κ2) is 9.16. The number of carbonyl (C=O) groups excluding carboxylic acids is 2. The van der Waals surface area contributed by atoms with Crippen molar-refractivity contribution in [2.75, 3.05) is 52.4 Å². The molecule has 8 nitrogen and oxygen atoms in total. The minimum Gasteiger partial charge on any atom is -0.489 e. The molecule has 142 valence electrons. The van der Waals surface area contributed by atoms with Gasteiger partial charge in [0.1, 0.15) is 23.9 Å². The lowest BCUT2D eigenvalue weighted by Gasteiger charge is -2.16. The smallest absolute Gasteiger partial charge is 0.337 e. The number of halogens is 1. The highest BCUT2D eigenvalue weighted by atomic mass is 19.1. The molecule has 0 fully saturated rings. The van der Waals surface area contributed by atoms with Crippen molar-refractivity contribution in [1.29, 1.82) is 0 Å². The fourth-order valence-electron chi connectivity index (χ4n) is 2.44. The van der Waals surface area contributed by atoms with E-state index in [1.54, 1.807) is 0 Å². The highest BCUT2D eigenvalue weighted by molar-refractivity contribution is 6.08. The van der Waals surface area contributed by atoms with E-state index in [9.17, 15) is 14.0 Å². The number of esters is 1. The number of rotatable bonds is 9. The Bertz CT molecular complexity index is 706. The topological polar surface area (TPSA) is 97.3 Å². The Morgan fingerprint density at radius 3 is 2.77 bits per heavy atom. The summed E-state index contributed by atoms with van der Waals surface area (Å²) in [6.07, 6.45) is 0. The quantitative estimate of drug-likeness (QED) is 0.485. The number of nitrogens with zero attached hydrogens (tertiary/aromatic N) is 1. The first kappa shape index (κ1) is 19.7. The van der Waals surface area contributed by atoms with Gasteiger partial charge in [-0.05, 0) is 12.1 Å². The average Bonchev–Trinajstić information content (AvgIpc) is 2.93. The normalized spacial score (nSPS) is 14.0. The molecule has 0 spiro atoms. The Kier molecular flexibility index (Phi) is 6.93. The molecule has 0 aliphatic carbocycles. The highest BCUT2D eigenvalue weighted by Crippen LogP contribution is 2.30. The van der Waals surface area contributed by atoms with Crippen molar-refractivity contribution in [1.82, 2.24) is 4.90 Å². The molecule has 1 amide bonds. The van der Waals surface area contributed by atoms with Gasteiger partial charge in [0.2, 0.25) is 0 Å². The SMILES string of the molecule is COCCOc1ccc(F)cc1NC1=C(C(=O)OC)CN(CCO)C1=O. The van der Waals surface area contributed by atoms with Gasteiger partial charge in [0.25, 0.3) is 5.91 Å². The van der Waals surface area contributed by atoms with Crippen LogP contribution >= 0.6 is 0 Å². The molecule has 0 saturated carbocycles. The van der Waals surface area contributed by atoms with Crippen molar-refractivity contribution < 1.29 is 33.3 Å². The van der Waals surface area contributed by atoms with Crippen molar-refractivity contribution in [3.63, 3.8) is 0 Å². The van der Waals surface area contributed by atoms with Gasteiger partial charge in [-0.3, -0.25) is 4.79 Å². The summed E-state index contributed by atoms with van der Waals surface area (Å²) in [5.74, 6) is -1.41. The van der Waals surface area contributed by atoms with Crippen molar-refractivity contribution in [2.45, 2.75) is 0 Å². The molecular formula is C17H21FN2O6. The number of anilines is 1. The van der Waals surface area contributed by atoms with Crippen molar-refractivity contribution in [3.05, 3.63) is 35.3 Å². The maximum absolute atomic E-state index is 13.7. The second-order valence-electron chi connectivity index (χ2n) is 5.40. The van der Waals surface area contributed by atoms with Crippen LogP contribution < -0.4 is 10.1 Å². The van der Waals surface area contributed by atoms with Gasteiger partial charge >= 0.3 is 5.97 Å². The van der Waals surface area contributed by atoms with Crippen LogP contribution in [0.2, 0.25) is 0 Å². The zero-order valence-corrected chi connectivity index (χ0v) is 14.6. The van der Waals surface area contributed by atoms with E-state index in [1.807, 2.05) is 0 Å². The number of ether oxygens (including phenoxy) is 3. The Labute approximate surface area is 150 Å². The first-order valence-corrected chi connectivity index (χ1v) is 7.91. The predicted octanol–water partition coefficient (Wildman–Crippen LogP) is 0.524. The third-order valence-corrected chi connectivity index (χ3v) is 3.70. The molecule has 9 heteroatoms. The Morgan fingerprint density at radius 1 is 1.35 bits per heavy atom. The first-order valence-electron chi connectivity index (χ1n) is 7.91. The molecule has 2 N–H and O–H groups in total. The van der Waals surface area contributed by atoms with E-state index >= 15 is 0 Å². The lowest BCUT2D eigenvalue weighted by molar-refractivity contribution is -0.136. The summed E-state index contributed by atoms with van der Waals surface area (Å²) < 4.78 is 28.8. The van der Waals surface area contributed by atoms with Gasteiger partial charge in [0.05, 0.1) is 38.1 Å². The number of nitrogens with one attached hydrogen (secondary N) is 1. The number of aliphatic hydroxyl groups is 1. The van der Waals surface area contributed by atoms with Gasteiger partial charge in [0, 0.05) is 19.7 Å². The summed E-state index contributed by atoms with van der Waals surface area (Å²) in [4.78, 5) is 25.8. The third kappa shape index (κ3) is 4.50. The number of methoxy groups -OCH3 is 2. The molecule has 0 radical (unpaired) electrons. The molecule has 0 atom stereocenters. The monoisotopic (exact) mass is 368 g/mol. The van der Waals surface area contributed by atoms with Crippen LogP contribution in [0, 0.1) is 5.82 Å². The van der Waals surface area contributed by atoms with Gasteiger partial charge in [-0.1, -0.05) is 0 Å². The molecule has 0 bridgehead atoms. The molecule has 1 heterocycles. The fraction of sp³-hybridized carbons (Fsp3) is 0.412. The van der Waals surface area contributed by atoms with E-state index < -0.39 is 17.7 Å². The molecule has 0 aromatic heterocycles. The van der Waals surface area contributed by atoms with Crippen molar-refractivity contribution in [3.8, 4) is 5.75 Å². The van der Waals surface area contributed by atoms with Gasteiger partial charge < -0.3 is 29.5 Å². The summed E-state index contributed by atoms with van der Waals surface area (Å²) in [6.45, 7) is 0.355. The number of carbonyl (C=O) groups is 2. The number of hydrogen-bond donors (Lipinski definition) is 2. The highest BCUT2D eigenvalue weighted by Gasteiger charge is 2.34. The summed E-state index contributed by atoms with van der Waals surface area (Å²) in [5.41, 5.74) is 0.252. The van der Waals surface area contributed by atoms with Crippen LogP contribution in [0.4, 0.5) is 10.1 Å². The maximum atomic E-state index is 13.7. The third-order valence-electron chi connectivity index (χ3n) is 3.70. The van der Waals surface area contributed by atoms with Crippen LogP contribution in [0.25, 0.3) is 0 Å². The fourth-order valence-corrected chi connectivity index (χ4v) is 2.44. The molecule has 0 saturated heterocycles. The minimum absolute atomic E-state index is 0.0103. The Morgan fingerprint density at radius 2 is 2.12 bits per heavy atom. The maximum Gasteiger partial charge on any atom is 0.337 e. The van der Waals surface area contributed by atoms with Crippen LogP contribution in [0.3, 0.4) is 0 Å². The van der Waals surface area contributed by atoms with Gasteiger partial charge in [-0.25, -0.2) is 9.18 Å². The lowest BCUT2D eigenvalue weighted by Crippen LogP contribution is -2.31. The average molecular weight is 368 g/mol. The summed E-state index contributed by atoms with van der Waals surface area (Å²) in [7, 11) is 2.72. The summed E-state index contributed by atoms with van der Waals surface area (Å²) in [6, 6.07) is 3.79. The number of amides is 1. The summed E-state index contributed by atoms with van der Waals surface area (Å²) >= 11 is 0. The van der Waals surface area contributed by atoms with E-state index in [1.165, 1.54) is 31.3 Å². The molecule has 0 unspecified atom stereocenters. The van der Waals surface area contributed by atoms with E-state index in [0.29, 0.717) is 12.4 Å². The molecule has 2 rings (SSSR count). The molecule has 1 aliphatic rings. The molecular weight excluding hydrogens is 347 g/mol. The number of β-amino-alcohol motifs (C(OH)–C–C–N with tert-alkyl or cyclic N) is 1. The van der Waals surface area contributed by atoms with Crippen molar-refractivity contribution >= 4 is 17.6 Å². The molecule has 1 aromatic carbocycles. The van der Waals surface area contributed by atoms with Crippen LogP contribution in [0.1, 0.15) is 0 Å². The van der Waals surface area contributed by atoms with Gasteiger partial charge in [0.15, 0.2) is 0 Å². The zero-order chi connectivity index (χ0) is 19.1. The van der Waals surface area contributed by atoms with E-state index in [-0.39, 0.29) is 43.3 Å². The Balaban J connectivity index is 2.32. The van der Waals surface area contributed by atoms with Crippen LogP contribution in [-0.4, -0.2) is 69.0 Å². The zero-order valence-electron chi connectivity index (χ0n) is 14.6. The van der Waals surface area contributed by atoms with E-state index in [0.717, 1.165) is 6.07 Å². The lowest BCUT2D eigenvalue weighted by atomic mass is 10.2. The number of benzene rings is 1. The van der Waals surface area contributed by atoms with Crippen LogP contribution in [0.5, 0.6) is 5.75 Å². The predicted molar refractivity (Wildman–Crippen MR) is 90.1 cm³/mol. The van der Waals surface area contributed by atoms with E-state index in [2.05, 4.69) is 5.32 Å². The van der Waals surface area contributed by atoms with Crippen molar-refractivity contribution in [2.24, 2.45) is 0 Å². The minimum atomic E-state index is -0.681. The number of aliphatic hydroxyl groups excluding tert-OH is 1. The molecule has 1 aromatic rings.